The number of ether oxygens (including phenoxy) is 2. The molecule has 0 aromatic heterocycles. The van der Waals surface area contributed by atoms with E-state index in [-0.39, 0.29) is 18.1 Å². The van der Waals surface area contributed by atoms with E-state index in [0.29, 0.717) is 32.8 Å². The summed E-state index contributed by atoms with van der Waals surface area (Å²) in [4.78, 5) is 20.8. The summed E-state index contributed by atoms with van der Waals surface area (Å²) in [5, 5.41) is 0. The molecule has 14 heavy (non-hydrogen) atoms. The van der Waals surface area contributed by atoms with Crippen LogP contribution in [0.5, 0.6) is 0 Å². The van der Waals surface area contributed by atoms with E-state index in [4.69, 9.17) is 15.2 Å². The first kappa shape index (κ1) is 13.1. The zero-order valence-electron chi connectivity index (χ0n) is 8.45. The maximum absolute atomic E-state index is 10.5. The van der Waals surface area contributed by atoms with Crippen molar-refractivity contribution in [2.75, 3.05) is 26.4 Å². The molecule has 0 aliphatic heterocycles. The lowest BCUT2D eigenvalue weighted by molar-refractivity contribution is -0.120. The van der Waals surface area contributed by atoms with Crippen molar-refractivity contribution >= 4 is 11.7 Å². The Bertz CT molecular complexity index is 162. The van der Waals surface area contributed by atoms with Gasteiger partial charge < -0.3 is 15.2 Å². The summed E-state index contributed by atoms with van der Waals surface area (Å²) in [6, 6.07) is 0. The molecule has 0 aliphatic carbocycles. The van der Waals surface area contributed by atoms with E-state index in [1.54, 1.807) is 0 Å². The fourth-order valence-corrected chi connectivity index (χ4v) is 0.711. The third-order valence-electron chi connectivity index (χ3n) is 1.46. The first-order valence-electron chi connectivity index (χ1n) is 4.56. The second-order valence-electron chi connectivity index (χ2n) is 2.89. The lowest BCUT2D eigenvalue weighted by Crippen LogP contribution is -2.15. The molecular formula is C9H17NO4. The molecule has 5 nitrogen and oxygen atoms in total. The highest BCUT2D eigenvalue weighted by Gasteiger charge is 1.95. The summed E-state index contributed by atoms with van der Waals surface area (Å²) in [6.07, 6.45) is 0.661. The Labute approximate surface area is 83.5 Å². The molecule has 0 saturated heterocycles. The molecule has 0 aliphatic rings. The van der Waals surface area contributed by atoms with Gasteiger partial charge in [-0.15, -0.1) is 0 Å². The fraction of sp³-hybridized carbons (Fsp3) is 0.778. The molecule has 0 radical (unpaired) electrons. The van der Waals surface area contributed by atoms with E-state index >= 15 is 0 Å². The van der Waals surface area contributed by atoms with Crippen LogP contribution < -0.4 is 5.73 Å². The Hall–Kier alpha value is -0.940. The SMILES string of the molecule is CC(=O)CCOCCOCCC(N)=O. The van der Waals surface area contributed by atoms with Crippen LogP contribution in [0.15, 0.2) is 0 Å². The highest BCUT2D eigenvalue weighted by atomic mass is 16.5. The maximum atomic E-state index is 10.5. The van der Waals surface area contributed by atoms with Crippen LogP contribution in [-0.4, -0.2) is 38.1 Å². The number of carbonyl (C=O) groups is 2. The van der Waals surface area contributed by atoms with Crippen LogP contribution in [0.4, 0.5) is 0 Å². The smallest absolute Gasteiger partial charge is 0.219 e. The average molecular weight is 203 g/mol. The summed E-state index contributed by atoms with van der Waals surface area (Å²) in [6.45, 7) is 3.13. The minimum absolute atomic E-state index is 0.111. The fourth-order valence-electron chi connectivity index (χ4n) is 0.711. The molecule has 2 N–H and O–H groups in total. The van der Waals surface area contributed by atoms with Crippen LogP contribution >= 0.6 is 0 Å². The van der Waals surface area contributed by atoms with Crippen LogP contribution in [0.1, 0.15) is 19.8 Å². The molecule has 0 fully saturated rings. The van der Waals surface area contributed by atoms with Crippen molar-refractivity contribution in [3.05, 3.63) is 0 Å². The van der Waals surface area contributed by atoms with Crippen molar-refractivity contribution in [3.8, 4) is 0 Å². The summed E-state index contributed by atoms with van der Waals surface area (Å²) in [5.41, 5.74) is 4.90. The average Bonchev–Trinajstić information content (AvgIpc) is 2.08. The van der Waals surface area contributed by atoms with Gasteiger partial charge in [0, 0.05) is 12.8 Å². The van der Waals surface area contributed by atoms with Gasteiger partial charge in [-0.3, -0.25) is 9.59 Å². The number of nitrogens with two attached hydrogens (primary N) is 1. The van der Waals surface area contributed by atoms with Gasteiger partial charge in [0.05, 0.1) is 26.4 Å². The molecule has 0 rings (SSSR count). The Morgan fingerprint density at radius 2 is 1.50 bits per heavy atom. The summed E-state index contributed by atoms with van der Waals surface area (Å²) < 4.78 is 10.1. The van der Waals surface area contributed by atoms with Gasteiger partial charge in [-0.2, -0.15) is 0 Å². The third-order valence-corrected chi connectivity index (χ3v) is 1.46. The van der Waals surface area contributed by atoms with Crippen molar-refractivity contribution < 1.29 is 19.1 Å². The summed E-state index contributed by atoms with van der Waals surface area (Å²) >= 11 is 0. The van der Waals surface area contributed by atoms with Gasteiger partial charge in [-0.1, -0.05) is 0 Å². The number of carbonyl (C=O) groups excluding carboxylic acids is 2. The molecule has 1 amide bonds. The van der Waals surface area contributed by atoms with Crippen molar-refractivity contribution in [1.29, 1.82) is 0 Å². The van der Waals surface area contributed by atoms with E-state index in [2.05, 4.69) is 0 Å². The zero-order chi connectivity index (χ0) is 10.8. The van der Waals surface area contributed by atoms with Crippen LogP contribution in [-0.2, 0) is 19.1 Å². The number of rotatable bonds is 9. The van der Waals surface area contributed by atoms with Crippen molar-refractivity contribution in [3.63, 3.8) is 0 Å². The van der Waals surface area contributed by atoms with Crippen molar-refractivity contribution in [2.45, 2.75) is 19.8 Å². The van der Waals surface area contributed by atoms with Gasteiger partial charge in [0.2, 0.25) is 5.91 Å². The van der Waals surface area contributed by atoms with Crippen LogP contribution in [0.2, 0.25) is 0 Å². The number of hydrogen-bond donors (Lipinski definition) is 1. The Morgan fingerprint density at radius 1 is 1.00 bits per heavy atom. The Kier molecular flexibility index (Phi) is 8.07. The molecule has 0 bridgehead atoms. The topological polar surface area (TPSA) is 78.6 Å². The van der Waals surface area contributed by atoms with E-state index in [1.807, 2.05) is 0 Å². The molecule has 0 aromatic rings. The second-order valence-corrected chi connectivity index (χ2v) is 2.89. The number of primary amides is 1. The van der Waals surface area contributed by atoms with Crippen LogP contribution in [0, 0.1) is 0 Å². The van der Waals surface area contributed by atoms with Crippen molar-refractivity contribution in [1.82, 2.24) is 0 Å². The normalized spacial score (nSPS) is 10.1. The molecule has 5 heteroatoms. The monoisotopic (exact) mass is 203 g/mol. The van der Waals surface area contributed by atoms with Gasteiger partial charge in [0.25, 0.3) is 0 Å². The highest BCUT2D eigenvalue weighted by Crippen LogP contribution is 1.86. The van der Waals surface area contributed by atoms with Gasteiger partial charge in [-0.25, -0.2) is 0 Å². The van der Waals surface area contributed by atoms with E-state index in [0.717, 1.165) is 0 Å². The lowest BCUT2D eigenvalue weighted by atomic mass is 10.3. The van der Waals surface area contributed by atoms with E-state index in [1.165, 1.54) is 6.92 Å². The number of ketones is 1. The Morgan fingerprint density at radius 3 is 1.93 bits per heavy atom. The lowest BCUT2D eigenvalue weighted by Gasteiger charge is -2.03. The quantitative estimate of drug-likeness (QED) is 0.530. The van der Waals surface area contributed by atoms with Crippen LogP contribution in [0.3, 0.4) is 0 Å². The molecule has 0 spiro atoms. The zero-order valence-corrected chi connectivity index (χ0v) is 8.45. The largest absolute Gasteiger partial charge is 0.379 e. The minimum atomic E-state index is -0.373. The van der Waals surface area contributed by atoms with Gasteiger partial charge in [-0.05, 0) is 6.92 Å². The van der Waals surface area contributed by atoms with Crippen molar-refractivity contribution in [2.24, 2.45) is 5.73 Å². The van der Waals surface area contributed by atoms with Crippen LogP contribution in [0.25, 0.3) is 0 Å². The molecule has 82 valence electrons. The maximum Gasteiger partial charge on any atom is 0.219 e. The van der Waals surface area contributed by atoms with Gasteiger partial charge in [0.1, 0.15) is 5.78 Å². The molecule has 0 aromatic carbocycles. The van der Waals surface area contributed by atoms with E-state index in [9.17, 15) is 9.59 Å². The van der Waals surface area contributed by atoms with Gasteiger partial charge in [0.15, 0.2) is 0 Å². The molecule has 0 heterocycles. The molecule has 0 unspecified atom stereocenters. The summed E-state index contributed by atoms with van der Waals surface area (Å²) in [7, 11) is 0. The standard InChI is InChI=1S/C9H17NO4/c1-8(11)2-4-13-6-7-14-5-3-9(10)12/h2-7H2,1H3,(H2,10,12). The predicted molar refractivity (Wildman–Crippen MR) is 50.7 cm³/mol. The first-order valence-corrected chi connectivity index (χ1v) is 4.56. The second kappa shape index (κ2) is 8.65. The van der Waals surface area contributed by atoms with Gasteiger partial charge >= 0.3 is 0 Å². The minimum Gasteiger partial charge on any atom is -0.379 e. The number of amides is 1. The Balaban J connectivity index is 2.99. The molecule has 0 saturated carbocycles. The van der Waals surface area contributed by atoms with E-state index < -0.39 is 0 Å². The highest BCUT2D eigenvalue weighted by molar-refractivity contribution is 5.75. The predicted octanol–water partition coefficient (Wildman–Crippen LogP) is -0.126. The molecular weight excluding hydrogens is 186 g/mol. The number of Topliss-reactive ketones (excluding diaryl/α,β-unsaturated/α-hetero) is 1. The molecule has 0 atom stereocenters. The number of hydrogen-bond acceptors (Lipinski definition) is 4. The first-order chi connectivity index (χ1) is 6.63. The third kappa shape index (κ3) is 11.1. The summed E-state index contributed by atoms with van der Waals surface area (Å²) in [5.74, 6) is -0.262.